The van der Waals surface area contributed by atoms with E-state index in [2.05, 4.69) is 0 Å². The maximum atomic E-state index is 11.8. The van der Waals surface area contributed by atoms with Gasteiger partial charge in [-0.1, -0.05) is 26.0 Å². The summed E-state index contributed by atoms with van der Waals surface area (Å²) in [5.41, 5.74) is 0.0133. The van der Waals surface area contributed by atoms with Crippen molar-refractivity contribution in [2.75, 3.05) is 13.2 Å². The summed E-state index contributed by atoms with van der Waals surface area (Å²) in [5.74, 6) is -2.48. The lowest BCUT2D eigenvalue weighted by Gasteiger charge is -2.12. The Morgan fingerprint density at radius 2 is 1.65 bits per heavy atom. The number of ether oxygens (including phenoxy) is 2. The van der Waals surface area contributed by atoms with Gasteiger partial charge >= 0.3 is 17.9 Å². The molecule has 6 heteroatoms. The molecule has 1 rings (SSSR count). The van der Waals surface area contributed by atoms with Crippen molar-refractivity contribution < 1.29 is 29.0 Å². The third-order valence-corrected chi connectivity index (χ3v) is 2.64. The minimum Gasteiger partial charge on any atom is -0.478 e. The van der Waals surface area contributed by atoms with E-state index >= 15 is 0 Å². The largest absolute Gasteiger partial charge is 0.478 e. The first-order chi connectivity index (χ1) is 9.43. The Morgan fingerprint density at radius 3 is 2.20 bits per heavy atom. The van der Waals surface area contributed by atoms with Crippen LogP contribution in [-0.2, 0) is 23.9 Å². The molecule has 0 spiro atoms. The van der Waals surface area contributed by atoms with Crippen LogP contribution < -0.4 is 0 Å². The van der Waals surface area contributed by atoms with Crippen LogP contribution in [0.25, 0.3) is 0 Å². The van der Waals surface area contributed by atoms with Crippen LogP contribution >= 0.6 is 0 Å². The van der Waals surface area contributed by atoms with Crippen LogP contribution in [0.1, 0.15) is 26.7 Å². The second-order valence-corrected chi connectivity index (χ2v) is 4.58. The first-order valence-corrected chi connectivity index (χ1v) is 6.41. The van der Waals surface area contributed by atoms with Crippen LogP contribution in [0, 0.1) is 5.92 Å². The molecule has 0 saturated carbocycles. The summed E-state index contributed by atoms with van der Waals surface area (Å²) in [6.45, 7) is 3.26. The van der Waals surface area contributed by atoms with Gasteiger partial charge in [-0.15, -0.1) is 0 Å². The molecular formula is C14H18O6. The Kier molecular flexibility index (Phi) is 5.96. The molecular weight excluding hydrogens is 264 g/mol. The average Bonchev–Trinajstić information content (AvgIpc) is 2.42. The molecule has 0 aromatic heterocycles. The molecule has 0 atom stereocenters. The van der Waals surface area contributed by atoms with Gasteiger partial charge in [0, 0.05) is 0 Å². The molecule has 1 N–H and O–H groups in total. The van der Waals surface area contributed by atoms with Crippen molar-refractivity contribution in [1.82, 2.24) is 0 Å². The number of carboxylic acid groups (broad SMARTS) is 1. The van der Waals surface area contributed by atoms with Crippen LogP contribution in [0.5, 0.6) is 0 Å². The van der Waals surface area contributed by atoms with Crippen molar-refractivity contribution >= 4 is 17.9 Å². The monoisotopic (exact) mass is 282 g/mol. The van der Waals surface area contributed by atoms with Crippen molar-refractivity contribution in [3.05, 3.63) is 23.3 Å². The molecule has 0 radical (unpaired) electrons. The zero-order chi connectivity index (χ0) is 15.1. The highest BCUT2D eigenvalue weighted by Gasteiger charge is 2.23. The number of carbonyl (C=O) groups is 3. The second kappa shape index (κ2) is 7.47. The summed E-state index contributed by atoms with van der Waals surface area (Å²) < 4.78 is 9.75. The molecule has 0 saturated heterocycles. The fourth-order valence-electron chi connectivity index (χ4n) is 1.59. The average molecular weight is 282 g/mol. The van der Waals surface area contributed by atoms with Gasteiger partial charge in [0.25, 0.3) is 0 Å². The number of esters is 2. The molecule has 6 nitrogen and oxygen atoms in total. The van der Waals surface area contributed by atoms with E-state index in [1.54, 1.807) is 19.9 Å². The fraction of sp³-hybridized carbons (Fsp3) is 0.500. The minimum atomic E-state index is -1.15. The fourth-order valence-corrected chi connectivity index (χ4v) is 1.59. The predicted molar refractivity (Wildman–Crippen MR) is 69.8 cm³/mol. The highest BCUT2D eigenvalue weighted by atomic mass is 16.6. The van der Waals surface area contributed by atoms with Gasteiger partial charge in [0.1, 0.15) is 13.2 Å². The van der Waals surface area contributed by atoms with E-state index in [1.165, 1.54) is 6.08 Å². The lowest BCUT2D eigenvalue weighted by Crippen LogP contribution is -2.20. The van der Waals surface area contributed by atoms with Crippen LogP contribution in [-0.4, -0.2) is 36.2 Å². The number of hydrogen-bond acceptors (Lipinski definition) is 5. The van der Waals surface area contributed by atoms with Crippen molar-refractivity contribution in [1.29, 1.82) is 0 Å². The van der Waals surface area contributed by atoms with Crippen molar-refractivity contribution in [3.63, 3.8) is 0 Å². The van der Waals surface area contributed by atoms with Crippen LogP contribution in [0.15, 0.2) is 23.3 Å². The highest BCUT2D eigenvalue weighted by Crippen LogP contribution is 2.20. The van der Waals surface area contributed by atoms with Crippen molar-refractivity contribution in [2.45, 2.75) is 26.7 Å². The normalized spacial score (nSPS) is 14.3. The molecule has 1 aliphatic carbocycles. The number of carboxylic acids is 1. The molecule has 0 unspecified atom stereocenters. The van der Waals surface area contributed by atoms with Gasteiger partial charge in [0.15, 0.2) is 0 Å². The summed E-state index contributed by atoms with van der Waals surface area (Å²) in [5, 5.41) is 8.98. The van der Waals surface area contributed by atoms with Crippen LogP contribution in [0.4, 0.5) is 0 Å². The van der Waals surface area contributed by atoms with Gasteiger partial charge in [-0.3, -0.25) is 4.79 Å². The third kappa shape index (κ3) is 4.53. The predicted octanol–water partition coefficient (Wildman–Crippen LogP) is 1.46. The topological polar surface area (TPSA) is 89.9 Å². The number of hydrogen-bond donors (Lipinski definition) is 1. The number of rotatable bonds is 6. The summed E-state index contributed by atoms with van der Waals surface area (Å²) in [6.07, 6.45) is 4.23. The molecule has 0 fully saturated rings. The van der Waals surface area contributed by atoms with Crippen LogP contribution in [0.2, 0.25) is 0 Å². The second-order valence-electron chi connectivity index (χ2n) is 4.58. The van der Waals surface area contributed by atoms with Crippen LogP contribution in [0.3, 0.4) is 0 Å². The number of allylic oxidation sites excluding steroid dienone is 2. The van der Waals surface area contributed by atoms with E-state index in [0.29, 0.717) is 12.8 Å². The van der Waals surface area contributed by atoms with E-state index in [-0.39, 0.29) is 36.2 Å². The molecule has 0 bridgehead atoms. The Labute approximate surface area is 117 Å². The molecule has 0 aromatic rings. The zero-order valence-electron chi connectivity index (χ0n) is 11.5. The van der Waals surface area contributed by atoms with E-state index in [4.69, 9.17) is 14.6 Å². The van der Waals surface area contributed by atoms with Gasteiger partial charge in [-0.2, -0.15) is 0 Å². The van der Waals surface area contributed by atoms with E-state index < -0.39 is 11.9 Å². The van der Waals surface area contributed by atoms with Gasteiger partial charge in [-0.25, -0.2) is 9.59 Å². The van der Waals surface area contributed by atoms with Gasteiger partial charge in [-0.05, 0) is 12.8 Å². The minimum absolute atomic E-state index is 0.0395. The van der Waals surface area contributed by atoms with Crippen molar-refractivity contribution in [2.24, 2.45) is 5.92 Å². The van der Waals surface area contributed by atoms with Gasteiger partial charge < -0.3 is 14.6 Å². The molecule has 0 aliphatic heterocycles. The highest BCUT2D eigenvalue weighted by molar-refractivity contribution is 6.06. The number of carbonyl (C=O) groups excluding carboxylic acids is 2. The molecule has 110 valence electrons. The van der Waals surface area contributed by atoms with Gasteiger partial charge in [0.2, 0.25) is 0 Å². The summed E-state index contributed by atoms with van der Waals surface area (Å²) in [7, 11) is 0. The summed E-state index contributed by atoms with van der Waals surface area (Å²) in [4.78, 5) is 33.9. The first kappa shape index (κ1) is 15.9. The lowest BCUT2D eigenvalue weighted by atomic mass is 9.98. The van der Waals surface area contributed by atoms with Crippen molar-refractivity contribution in [3.8, 4) is 0 Å². The quantitative estimate of drug-likeness (QED) is 0.586. The summed E-state index contributed by atoms with van der Waals surface area (Å²) in [6, 6.07) is 0. The van der Waals surface area contributed by atoms with E-state index in [0.717, 1.165) is 0 Å². The Balaban J connectivity index is 2.43. The van der Waals surface area contributed by atoms with E-state index in [9.17, 15) is 14.4 Å². The Morgan fingerprint density at radius 1 is 1.10 bits per heavy atom. The third-order valence-electron chi connectivity index (χ3n) is 2.64. The Bertz CT molecular complexity index is 458. The molecule has 0 heterocycles. The zero-order valence-corrected chi connectivity index (χ0v) is 11.5. The molecule has 20 heavy (non-hydrogen) atoms. The molecule has 0 aromatic carbocycles. The van der Waals surface area contributed by atoms with Gasteiger partial charge in [0.05, 0.1) is 17.1 Å². The molecule has 0 amide bonds. The number of aliphatic carboxylic acids is 1. The maximum Gasteiger partial charge on any atom is 0.338 e. The summed E-state index contributed by atoms with van der Waals surface area (Å²) >= 11 is 0. The maximum absolute atomic E-state index is 11.8. The smallest absolute Gasteiger partial charge is 0.338 e. The Hall–Kier alpha value is -2.11. The standard InChI is InChI=1S/C14H18O6/c1-9(2)13(17)19-7-8-20-14(18)11-6-4-3-5-10(11)12(15)16/h5-6,9H,3-4,7-8H2,1-2H3,(H,15,16). The lowest BCUT2D eigenvalue weighted by molar-refractivity contribution is -0.152. The van der Waals surface area contributed by atoms with E-state index in [1.807, 2.05) is 0 Å². The SMILES string of the molecule is CC(C)C(=O)OCCOC(=O)C1=CCCC=C1C(=O)O. The first-order valence-electron chi connectivity index (χ1n) is 6.41. The molecule has 1 aliphatic rings.